The third kappa shape index (κ3) is 4.33. The van der Waals surface area contributed by atoms with Crippen LogP contribution in [0.25, 0.3) is 0 Å². The van der Waals surface area contributed by atoms with Gasteiger partial charge in [0.05, 0.1) is 6.54 Å². The Hall–Kier alpha value is -0.220. The number of nitrogens with one attached hydrogen (secondary N) is 1. The highest BCUT2D eigenvalue weighted by Crippen LogP contribution is 2.06. The van der Waals surface area contributed by atoms with Crippen molar-refractivity contribution in [3.8, 4) is 0 Å². The summed E-state index contributed by atoms with van der Waals surface area (Å²) in [5, 5.41) is 3.18. The fraction of sp³-hybridized carbons (Fsp3) is 0.900. The predicted molar refractivity (Wildman–Crippen MR) is 61.7 cm³/mol. The van der Waals surface area contributed by atoms with E-state index in [1.165, 1.54) is 12.8 Å². The van der Waals surface area contributed by atoms with Gasteiger partial charge in [-0.1, -0.05) is 6.92 Å². The molecule has 1 aliphatic heterocycles. The summed E-state index contributed by atoms with van der Waals surface area (Å²) >= 11 is 1.90. The van der Waals surface area contributed by atoms with Crippen LogP contribution in [0.4, 0.5) is 0 Å². The zero-order valence-electron chi connectivity index (χ0n) is 8.92. The Morgan fingerprint density at radius 1 is 1.43 bits per heavy atom. The molecule has 0 unspecified atom stereocenters. The number of nitrogens with zero attached hydrogens (tertiary/aromatic N) is 1. The van der Waals surface area contributed by atoms with Crippen LogP contribution in [0.3, 0.4) is 0 Å². The van der Waals surface area contributed by atoms with E-state index in [2.05, 4.69) is 12.2 Å². The monoisotopic (exact) mass is 216 g/mol. The molecule has 1 N–H and O–H groups in total. The molecule has 1 saturated heterocycles. The second kappa shape index (κ2) is 7.12. The van der Waals surface area contributed by atoms with E-state index in [4.69, 9.17) is 0 Å². The lowest BCUT2D eigenvalue weighted by molar-refractivity contribution is -0.129. The summed E-state index contributed by atoms with van der Waals surface area (Å²) in [6, 6.07) is 0. The van der Waals surface area contributed by atoms with Crippen molar-refractivity contribution in [1.29, 1.82) is 0 Å². The van der Waals surface area contributed by atoms with E-state index in [0.717, 1.165) is 31.1 Å². The van der Waals surface area contributed by atoms with E-state index in [-0.39, 0.29) is 5.91 Å². The van der Waals surface area contributed by atoms with Crippen LogP contribution >= 0.6 is 11.8 Å². The molecule has 0 spiro atoms. The maximum atomic E-state index is 11.5. The minimum atomic E-state index is 0.268. The Balaban J connectivity index is 1.97. The minimum Gasteiger partial charge on any atom is -0.342 e. The van der Waals surface area contributed by atoms with E-state index in [1.807, 2.05) is 16.7 Å². The van der Waals surface area contributed by atoms with Gasteiger partial charge in [0.1, 0.15) is 0 Å². The van der Waals surface area contributed by atoms with E-state index in [1.54, 1.807) is 0 Å². The van der Waals surface area contributed by atoms with Crippen molar-refractivity contribution in [2.24, 2.45) is 0 Å². The fourth-order valence-electron chi connectivity index (χ4n) is 1.56. The van der Waals surface area contributed by atoms with Crippen molar-refractivity contribution in [3.63, 3.8) is 0 Å². The summed E-state index contributed by atoms with van der Waals surface area (Å²) in [5.41, 5.74) is 0. The van der Waals surface area contributed by atoms with Gasteiger partial charge in [0.2, 0.25) is 5.91 Å². The van der Waals surface area contributed by atoms with Gasteiger partial charge in [-0.25, -0.2) is 0 Å². The van der Waals surface area contributed by atoms with Crippen molar-refractivity contribution in [2.45, 2.75) is 19.8 Å². The zero-order chi connectivity index (χ0) is 10.2. The van der Waals surface area contributed by atoms with Gasteiger partial charge in [0, 0.05) is 25.4 Å². The van der Waals surface area contributed by atoms with E-state index in [9.17, 15) is 4.79 Å². The average molecular weight is 216 g/mol. The Kier molecular flexibility index (Phi) is 6.03. The number of carbonyl (C=O) groups excluding carboxylic acids is 1. The summed E-state index contributed by atoms with van der Waals surface area (Å²) in [6.45, 7) is 5.54. The van der Waals surface area contributed by atoms with Gasteiger partial charge >= 0.3 is 0 Å². The molecule has 82 valence electrons. The van der Waals surface area contributed by atoms with Crippen molar-refractivity contribution in [3.05, 3.63) is 0 Å². The molecule has 0 saturated carbocycles. The lowest BCUT2D eigenvalue weighted by Crippen LogP contribution is -2.36. The first-order chi connectivity index (χ1) is 6.84. The molecule has 1 fully saturated rings. The lowest BCUT2D eigenvalue weighted by Gasteiger charge is -2.15. The van der Waals surface area contributed by atoms with Crippen LogP contribution in [0.15, 0.2) is 0 Å². The SMILES string of the molecule is CCSCCNCC(=O)N1CCCC1. The van der Waals surface area contributed by atoms with Crippen LogP contribution in [-0.4, -0.2) is 48.5 Å². The van der Waals surface area contributed by atoms with E-state index >= 15 is 0 Å². The number of carbonyl (C=O) groups is 1. The second-order valence-electron chi connectivity index (χ2n) is 3.46. The summed E-state index contributed by atoms with van der Waals surface area (Å²) in [6.07, 6.45) is 2.36. The highest BCUT2D eigenvalue weighted by atomic mass is 32.2. The number of rotatable bonds is 6. The maximum absolute atomic E-state index is 11.5. The van der Waals surface area contributed by atoms with Crippen LogP contribution in [0.5, 0.6) is 0 Å². The second-order valence-corrected chi connectivity index (χ2v) is 4.86. The molecule has 0 aliphatic carbocycles. The first-order valence-electron chi connectivity index (χ1n) is 5.41. The highest BCUT2D eigenvalue weighted by molar-refractivity contribution is 7.99. The molecular weight excluding hydrogens is 196 g/mol. The third-order valence-corrected chi connectivity index (χ3v) is 3.26. The van der Waals surface area contributed by atoms with Gasteiger partial charge in [-0.3, -0.25) is 4.79 Å². The molecule has 0 bridgehead atoms. The Labute approximate surface area is 90.6 Å². The Morgan fingerprint density at radius 3 is 2.79 bits per heavy atom. The molecule has 1 aliphatic rings. The molecule has 1 amide bonds. The first kappa shape index (κ1) is 11.9. The molecule has 1 heterocycles. The largest absolute Gasteiger partial charge is 0.342 e. The summed E-state index contributed by atoms with van der Waals surface area (Å²) in [5.74, 6) is 2.52. The molecule has 0 aromatic rings. The summed E-state index contributed by atoms with van der Waals surface area (Å²) < 4.78 is 0. The lowest BCUT2D eigenvalue weighted by atomic mass is 10.4. The van der Waals surface area contributed by atoms with Gasteiger partial charge < -0.3 is 10.2 Å². The number of hydrogen-bond donors (Lipinski definition) is 1. The highest BCUT2D eigenvalue weighted by Gasteiger charge is 2.16. The van der Waals surface area contributed by atoms with Gasteiger partial charge in [0.15, 0.2) is 0 Å². The van der Waals surface area contributed by atoms with Crippen LogP contribution in [-0.2, 0) is 4.79 Å². The molecule has 0 radical (unpaired) electrons. The van der Waals surface area contributed by atoms with Crippen LogP contribution in [0, 0.1) is 0 Å². The van der Waals surface area contributed by atoms with Crippen molar-refractivity contribution in [2.75, 3.05) is 37.7 Å². The number of thioether (sulfide) groups is 1. The molecule has 0 aromatic carbocycles. The Morgan fingerprint density at radius 2 is 2.14 bits per heavy atom. The van der Waals surface area contributed by atoms with E-state index in [0.29, 0.717) is 6.54 Å². The van der Waals surface area contributed by atoms with Gasteiger partial charge in [-0.05, 0) is 18.6 Å². The van der Waals surface area contributed by atoms with Crippen LogP contribution < -0.4 is 5.32 Å². The molecule has 3 nitrogen and oxygen atoms in total. The van der Waals surface area contributed by atoms with Gasteiger partial charge in [-0.15, -0.1) is 0 Å². The zero-order valence-corrected chi connectivity index (χ0v) is 9.74. The molecule has 1 rings (SSSR count). The molecule has 0 aromatic heterocycles. The topological polar surface area (TPSA) is 32.3 Å². The van der Waals surface area contributed by atoms with Gasteiger partial charge in [-0.2, -0.15) is 11.8 Å². The average Bonchev–Trinajstić information content (AvgIpc) is 2.70. The van der Waals surface area contributed by atoms with Crippen LogP contribution in [0.2, 0.25) is 0 Å². The smallest absolute Gasteiger partial charge is 0.236 e. The first-order valence-corrected chi connectivity index (χ1v) is 6.56. The molecule has 4 heteroatoms. The van der Waals surface area contributed by atoms with Gasteiger partial charge in [0.25, 0.3) is 0 Å². The van der Waals surface area contributed by atoms with Crippen molar-refractivity contribution >= 4 is 17.7 Å². The van der Waals surface area contributed by atoms with Crippen LogP contribution in [0.1, 0.15) is 19.8 Å². The molecule has 0 atom stereocenters. The quantitative estimate of drug-likeness (QED) is 0.671. The number of amides is 1. The normalized spacial score (nSPS) is 16.2. The molecular formula is C10H20N2OS. The van der Waals surface area contributed by atoms with Crippen molar-refractivity contribution in [1.82, 2.24) is 10.2 Å². The standard InChI is InChI=1S/C10H20N2OS/c1-2-14-8-5-11-9-10(13)12-6-3-4-7-12/h11H,2-9H2,1H3. The Bertz CT molecular complexity index is 170. The molecule has 14 heavy (non-hydrogen) atoms. The maximum Gasteiger partial charge on any atom is 0.236 e. The number of likely N-dealkylation sites (tertiary alicyclic amines) is 1. The van der Waals surface area contributed by atoms with Crippen molar-refractivity contribution < 1.29 is 4.79 Å². The summed E-state index contributed by atoms with van der Waals surface area (Å²) in [4.78, 5) is 13.5. The fourth-order valence-corrected chi connectivity index (χ4v) is 2.14. The summed E-state index contributed by atoms with van der Waals surface area (Å²) in [7, 11) is 0. The minimum absolute atomic E-state index is 0.268. The van der Waals surface area contributed by atoms with E-state index < -0.39 is 0 Å². The predicted octanol–water partition coefficient (Wildman–Crippen LogP) is 0.951. The third-order valence-electron chi connectivity index (χ3n) is 2.36. The number of hydrogen-bond acceptors (Lipinski definition) is 3.